The molecule has 0 spiro atoms. The molecule has 0 fully saturated rings. The molecule has 11 heavy (non-hydrogen) atoms. The van der Waals surface area contributed by atoms with Gasteiger partial charge in [-0.25, -0.2) is 0 Å². The Hall–Kier alpha value is 0.250. The highest BCUT2D eigenvalue weighted by atomic mass is 35.5. The van der Waals surface area contributed by atoms with E-state index in [2.05, 4.69) is 13.8 Å². The summed E-state index contributed by atoms with van der Waals surface area (Å²) in [6, 6.07) is 0. The van der Waals surface area contributed by atoms with Crippen LogP contribution < -0.4 is 0 Å². The third-order valence-electron chi connectivity index (χ3n) is 2.68. The van der Waals surface area contributed by atoms with E-state index in [0.717, 1.165) is 25.7 Å². The minimum Gasteiger partial charge on any atom is -0.396 e. The number of alkyl halides is 1. The minimum absolute atomic E-state index is 0.148. The maximum Gasteiger partial charge on any atom is 0.0487 e. The molecule has 0 aliphatic rings. The first-order chi connectivity index (χ1) is 5.24. The molecular weight excluding hydrogens is 160 g/mol. The SMILES string of the molecule is CCC(CC)(CO)CCCCl. The van der Waals surface area contributed by atoms with Crippen molar-refractivity contribution in [2.24, 2.45) is 5.41 Å². The van der Waals surface area contributed by atoms with Crippen LogP contribution in [0.1, 0.15) is 39.5 Å². The number of halogens is 1. The summed E-state index contributed by atoms with van der Waals surface area (Å²) in [4.78, 5) is 0. The van der Waals surface area contributed by atoms with Crippen LogP contribution in [0.15, 0.2) is 0 Å². The second kappa shape index (κ2) is 5.84. The normalized spacial score (nSPS) is 12.0. The predicted molar refractivity (Wildman–Crippen MR) is 50.1 cm³/mol. The smallest absolute Gasteiger partial charge is 0.0487 e. The van der Waals surface area contributed by atoms with E-state index in [1.807, 2.05) is 0 Å². The van der Waals surface area contributed by atoms with E-state index >= 15 is 0 Å². The molecule has 1 N–H and O–H groups in total. The summed E-state index contributed by atoms with van der Waals surface area (Å²) in [6.45, 7) is 4.57. The highest BCUT2D eigenvalue weighted by Gasteiger charge is 2.23. The largest absolute Gasteiger partial charge is 0.396 e. The molecule has 0 radical (unpaired) electrons. The monoisotopic (exact) mass is 178 g/mol. The van der Waals surface area contributed by atoms with Gasteiger partial charge in [-0.1, -0.05) is 13.8 Å². The first-order valence-electron chi connectivity index (χ1n) is 4.41. The van der Waals surface area contributed by atoms with Crippen molar-refractivity contribution in [3.63, 3.8) is 0 Å². The van der Waals surface area contributed by atoms with E-state index in [0.29, 0.717) is 12.5 Å². The van der Waals surface area contributed by atoms with E-state index in [-0.39, 0.29) is 5.41 Å². The van der Waals surface area contributed by atoms with Crippen molar-refractivity contribution in [2.45, 2.75) is 39.5 Å². The topological polar surface area (TPSA) is 20.2 Å². The van der Waals surface area contributed by atoms with Gasteiger partial charge in [0, 0.05) is 12.5 Å². The molecule has 0 amide bonds. The van der Waals surface area contributed by atoms with Gasteiger partial charge in [-0.2, -0.15) is 0 Å². The van der Waals surface area contributed by atoms with Crippen LogP contribution >= 0.6 is 11.6 Å². The van der Waals surface area contributed by atoms with Gasteiger partial charge < -0.3 is 5.11 Å². The number of aliphatic hydroxyl groups is 1. The highest BCUT2D eigenvalue weighted by molar-refractivity contribution is 6.17. The van der Waals surface area contributed by atoms with Crippen molar-refractivity contribution in [1.29, 1.82) is 0 Å². The van der Waals surface area contributed by atoms with Gasteiger partial charge >= 0.3 is 0 Å². The lowest BCUT2D eigenvalue weighted by molar-refractivity contribution is 0.105. The molecule has 0 aromatic rings. The molecular formula is C9H19ClO. The Balaban J connectivity index is 3.84. The first-order valence-corrected chi connectivity index (χ1v) is 4.95. The van der Waals surface area contributed by atoms with Crippen molar-refractivity contribution in [2.75, 3.05) is 12.5 Å². The molecule has 0 saturated carbocycles. The summed E-state index contributed by atoms with van der Waals surface area (Å²) >= 11 is 5.60. The molecule has 0 aliphatic heterocycles. The average molecular weight is 179 g/mol. The van der Waals surface area contributed by atoms with Crippen LogP contribution in [0.25, 0.3) is 0 Å². The van der Waals surface area contributed by atoms with Crippen molar-refractivity contribution in [3.05, 3.63) is 0 Å². The molecule has 0 atom stereocenters. The molecule has 2 heteroatoms. The molecule has 0 rings (SSSR count). The maximum atomic E-state index is 9.16. The van der Waals surface area contributed by atoms with Gasteiger partial charge in [-0.3, -0.25) is 0 Å². The fourth-order valence-electron chi connectivity index (χ4n) is 1.35. The second-order valence-corrected chi connectivity index (χ2v) is 3.54. The van der Waals surface area contributed by atoms with Gasteiger partial charge in [0.2, 0.25) is 0 Å². The number of hydrogen-bond acceptors (Lipinski definition) is 1. The first kappa shape index (κ1) is 11.2. The van der Waals surface area contributed by atoms with Crippen LogP contribution in [0, 0.1) is 5.41 Å². The number of aliphatic hydroxyl groups excluding tert-OH is 1. The van der Waals surface area contributed by atoms with Crippen LogP contribution in [0.2, 0.25) is 0 Å². The Morgan fingerprint density at radius 1 is 1.27 bits per heavy atom. The van der Waals surface area contributed by atoms with Crippen molar-refractivity contribution < 1.29 is 5.11 Å². The molecule has 0 heterocycles. The maximum absolute atomic E-state index is 9.16. The van der Waals surface area contributed by atoms with E-state index in [1.165, 1.54) is 0 Å². The van der Waals surface area contributed by atoms with Crippen molar-refractivity contribution >= 4 is 11.6 Å². The zero-order valence-corrected chi connectivity index (χ0v) is 8.32. The van der Waals surface area contributed by atoms with Gasteiger partial charge in [0.15, 0.2) is 0 Å². The number of hydrogen-bond donors (Lipinski definition) is 1. The summed E-state index contributed by atoms with van der Waals surface area (Å²) in [7, 11) is 0. The predicted octanol–water partition coefficient (Wildman–Crippen LogP) is 2.80. The van der Waals surface area contributed by atoms with Crippen LogP contribution in [0.4, 0.5) is 0 Å². The van der Waals surface area contributed by atoms with Gasteiger partial charge in [-0.15, -0.1) is 11.6 Å². The summed E-state index contributed by atoms with van der Waals surface area (Å²) in [5, 5.41) is 9.16. The standard InChI is InChI=1S/C9H19ClO/c1-3-9(4-2,8-11)6-5-7-10/h11H,3-8H2,1-2H3. The van der Waals surface area contributed by atoms with Gasteiger partial charge in [-0.05, 0) is 31.1 Å². The quantitative estimate of drug-likeness (QED) is 0.621. The lowest BCUT2D eigenvalue weighted by atomic mass is 9.79. The van der Waals surface area contributed by atoms with Gasteiger partial charge in [0.1, 0.15) is 0 Å². The van der Waals surface area contributed by atoms with E-state index in [1.54, 1.807) is 0 Å². The molecule has 0 aromatic heterocycles. The van der Waals surface area contributed by atoms with Gasteiger partial charge in [0.05, 0.1) is 0 Å². The summed E-state index contributed by atoms with van der Waals surface area (Å²) in [5.41, 5.74) is 0.148. The molecule has 0 saturated heterocycles. The highest BCUT2D eigenvalue weighted by Crippen LogP contribution is 2.31. The van der Waals surface area contributed by atoms with E-state index in [9.17, 15) is 0 Å². The summed E-state index contributed by atoms with van der Waals surface area (Å²) in [6.07, 6.45) is 4.18. The third-order valence-corrected chi connectivity index (χ3v) is 2.94. The van der Waals surface area contributed by atoms with Crippen molar-refractivity contribution in [3.8, 4) is 0 Å². The lowest BCUT2D eigenvalue weighted by Gasteiger charge is -2.28. The van der Waals surface area contributed by atoms with Gasteiger partial charge in [0.25, 0.3) is 0 Å². The van der Waals surface area contributed by atoms with Crippen LogP contribution in [-0.2, 0) is 0 Å². The molecule has 0 aliphatic carbocycles. The lowest BCUT2D eigenvalue weighted by Crippen LogP contribution is -2.23. The molecule has 0 unspecified atom stereocenters. The summed E-state index contributed by atoms with van der Waals surface area (Å²) < 4.78 is 0. The zero-order chi connectivity index (χ0) is 8.74. The fraction of sp³-hybridized carbons (Fsp3) is 1.00. The molecule has 0 bridgehead atoms. The Bertz CT molecular complexity index is 81.3. The van der Waals surface area contributed by atoms with Crippen molar-refractivity contribution in [1.82, 2.24) is 0 Å². The fourth-order valence-corrected chi connectivity index (χ4v) is 1.48. The van der Waals surface area contributed by atoms with E-state index < -0.39 is 0 Å². The average Bonchev–Trinajstić information content (AvgIpc) is 2.08. The van der Waals surface area contributed by atoms with Crippen LogP contribution in [0.3, 0.4) is 0 Å². The third kappa shape index (κ3) is 3.44. The number of rotatable bonds is 6. The Labute approximate surface area is 74.8 Å². The minimum atomic E-state index is 0.148. The second-order valence-electron chi connectivity index (χ2n) is 3.16. The Kier molecular flexibility index (Phi) is 5.98. The Morgan fingerprint density at radius 2 is 1.82 bits per heavy atom. The Morgan fingerprint density at radius 3 is 2.09 bits per heavy atom. The van der Waals surface area contributed by atoms with E-state index in [4.69, 9.17) is 16.7 Å². The summed E-state index contributed by atoms with van der Waals surface area (Å²) in [5.74, 6) is 0.710. The zero-order valence-electron chi connectivity index (χ0n) is 7.57. The molecule has 1 nitrogen and oxygen atoms in total. The molecule has 68 valence electrons. The van der Waals surface area contributed by atoms with Crippen LogP contribution in [0.5, 0.6) is 0 Å². The van der Waals surface area contributed by atoms with Crippen LogP contribution in [-0.4, -0.2) is 17.6 Å². The molecule has 0 aromatic carbocycles.